The topological polar surface area (TPSA) is 9.23 Å². The summed E-state index contributed by atoms with van der Waals surface area (Å²) >= 11 is 0. The Hall–Kier alpha value is -3.46. The van der Waals surface area contributed by atoms with Crippen molar-refractivity contribution >= 4 is 5.83 Å². The van der Waals surface area contributed by atoms with E-state index >= 15 is 0 Å². The van der Waals surface area contributed by atoms with E-state index in [4.69, 9.17) is 4.74 Å². The number of ether oxygens (including phenoxy) is 1. The van der Waals surface area contributed by atoms with Gasteiger partial charge in [0.15, 0.2) is 5.83 Å². The van der Waals surface area contributed by atoms with E-state index in [9.17, 15) is 35.1 Å². The van der Waals surface area contributed by atoms with Gasteiger partial charge in [-0.25, -0.2) is 22.0 Å². The van der Waals surface area contributed by atoms with Crippen molar-refractivity contribution in [2.24, 2.45) is 0 Å². The molecule has 0 bridgehead atoms. The first-order valence-corrected chi connectivity index (χ1v) is 13.7. The van der Waals surface area contributed by atoms with Crippen molar-refractivity contribution in [3.8, 4) is 0 Å². The molecule has 1 fully saturated rings. The molecule has 0 radical (unpaired) electrons. The summed E-state index contributed by atoms with van der Waals surface area (Å²) in [6.45, 7) is 2.17. The lowest BCUT2D eigenvalue weighted by Crippen LogP contribution is -2.19. The maximum absolute atomic E-state index is 14.9. The molecule has 1 heterocycles. The smallest absolute Gasteiger partial charge is 0.373 e. The summed E-state index contributed by atoms with van der Waals surface area (Å²) in [6, 6.07) is 12.4. The first kappa shape index (κ1) is 31.5. The number of halogens is 8. The molecule has 2 unspecified atom stereocenters. The number of benzene rings is 3. The number of rotatable bonds is 9. The molecular formula is C33H30F8O. The van der Waals surface area contributed by atoms with Gasteiger partial charge in [0.05, 0.1) is 12.7 Å². The van der Waals surface area contributed by atoms with Crippen molar-refractivity contribution in [2.45, 2.75) is 63.6 Å². The highest BCUT2D eigenvalue weighted by Gasteiger charge is 2.37. The van der Waals surface area contributed by atoms with Crippen LogP contribution in [0.25, 0.3) is 5.83 Å². The van der Waals surface area contributed by atoms with Gasteiger partial charge in [0.25, 0.3) is 0 Å². The molecule has 42 heavy (non-hydrogen) atoms. The van der Waals surface area contributed by atoms with Gasteiger partial charge in [-0.15, -0.1) is 0 Å². The van der Waals surface area contributed by atoms with E-state index in [1.54, 1.807) is 42.5 Å². The van der Waals surface area contributed by atoms with Crippen molar-refractivity contribution < 1.29 is 39.9 Å². The van der Waals surface area contributed by atoms with Crippen molar-refractivity contribution in [1.29, 1.82) is 0 Å². The fourth-order valence-electron chi connectivity index (χ4n) is 5.11. The second-order valence-electron chi connectivity index (χ2n) is 10.3. The third kappa shape index (κ3) is 7.68. The van der Waals surface area contributed by atoms with E-state index in [2.05, 4.69) is 0 Å². The lowest BCUT2D eigenvalue weighted by molar-refractivity contribution is -0.142. The molecule has 1 saturated heterocycles. The molecule has 2 atom stereocenters. The Kier molecular flexibility index (Phi) is 10.2. The van der Waals surface area contributed by atoms with Gasteiger partial charge in [-0.2, -0.15) is 13.2 Å². The zero-order valence-corrected chi connectivity index (χ0v) is 22.9. The second kappa shape index (κ2) is 13.7. The predicted molar refractivity (Wildman–Crippen MR) is 145 cm³/mol. The van der Waals surface area contributed by atoms with Crippen LogP contribution in [0.15, 0.2) is 72.6 Å². The Morgan fingerprint density at radius 3 is 2.10 bits per heavy atom. The summed E-state index contributed by atoms with van der Waals surface area (Å²) in [5, 5.41) is 0. The van der Waals surface area contributed by atoms with E-state index in [0.717, 1.165) is 12.0 Å². The highest BCUT2D eigenvalue weighted by molar-refractivity contribution is 5.61. The highest BCUT2D eigenvalue weighted by Crippen LogP contribution is 2.37. The molecule has 1 aliphatic rings. The molecule has 0 spiro atoms. The van der Waals surface area contributed by atoms with Gasteiger partial charge >= 0.3 is 6.18 Å². The predicted octanol–water partition coefficient (Wildman–Crippen LogP) is 10.5. The maximum atomic E-state index is 14.9. The van der Waals surface area contributed by atoms with Crippen LogP contribution in [0, 0.1) is 17.5 Å². The van der Waals surface area contributed by atoms with E-state index in [1.165, 1.54) is 12.1 Å². The molecule has 0 aromatic heterocycles. The molecule has 0 amide bonds. The summed E-state index contributed by atoms with van der Waals surface area (Å²) in [5.41, 5.74) is 0.0307. The summed E-state index contributed by atoms with van der Waals surface area (Å²) < 4.78 is 115. The Morgan fingerprint density at radius 2 is 1.52 bits per heavy atom. The van der Waals surface area contributed by atoms with E-state index in [0.29, 0.717) is 37.1 Å². The van der Waals surface area contributed by atoms with E-state index in [1.807, 2.05) is 6.92 Å². The zero-order valence-electron chi connectivity index (χ0n) is 22.9. The molecule has 4 rings (SSSR count). The fraction of sp³-hybridized carbons (Fsp3) is 0.333. The SMILES string of the molecule is C/C=C/CC/C(F)=C(\F)c1ccc(C2CCC(c3ccc(CCc4cc(F)c(C(F)(F)F)c(F)c4)c(F)c3)OC2)cc1. The third-order valence-electron chi connectivity index (χ3n) is 7.43. The normalized spacial score (nSPS) is 18.4. The molecule has 1 aliphatic heterocycles. The highest BCUT2D eigenvalue weighted by atomic mass is 19.4. The molecule has 0 saturated carbocycles. The van der Waals surface area contributed by atoms with Gasteiger partial charge in [0.2, 0.25) is 0 Å². The van der Waals surface area contributed by atoms with Crippen LogP contribution in [0.1, 0.15) is 78.0 Å². The van der Waals surface area contributed by atoms with Crippen molar-refractivity contribution in [2.75, 3.05) is 6.61 Å². The van der Waals surface area contributed by atoms with Gasteiger partial charge in [-0.1, -0.05) is 48.6 Å². The van der Waals surface area contributed by atoms with Gasteiger partial charge in [-0.3, -0.25) is 0 Å². The molecule has 224 valence electrons. The Bertz CT molecular complexity index is 1410. The average Bonchev–Trinajstić information content (AvgIpc) is 2.95. The number of aryl methyl sites for hydroxylation is 2. The van der Waals surface area contributed by atoms with Crippen LogP contribution in [0.2, 0.25) is 0 Å². The van der Waals surface area contributed by atoms with E-state index < -0.39 is 40.8 Å². The molecule has 3 aromatic carbocycles. The van der Waals surface area contributed by atoms with Crippen LogP contribution in [0.3, 0.4) is 0 Å². The monoisotopic (exact) mass is 594 g/mol. The quantitative estimate of drug-likeness (QED) is 0.177. The summed E-state index contributed by atoms with van der Waals surface area (Å²) in [4.78, 5) is 0. The average molecular weight is 595 g/mol. The standard InChI is InChI=1S/C33H30F8O/c1-2-3-4-5-26(34)32(38)23-11-8-21(9-12-23)25-14-15-30(42-19-25)24-13-10-22(27(35)18-24)7-6-20-16-28(36)31(29(37)17-20)33(39,40)41/h2-3,8-13,16-18,25,30H,4-7,14-15,19H2,1H3/b3-2+,32-26+. The van der Waals surface area contributed by atoms with Gasteiger partial charge in [0, 0.05) is 17.9 Å². The molecule has 0 N–H and O–H groups in total. The largest absolute Gasteiger partial charge is 0.422 e. The van der Waals surface area contributed by atoms with Crippen molar-refractivity contribution in [1.82, 2.24) is 0 Å². The van der Waals surface area contributed by atoms with Crippen LogP contribution >= 0.6 is 0 Å². The van der Waals surface area contributed by atoms with Crippen LogP contribution in [-0.4, -0.2) is 6.61 Å². The molecular weight excluding hydrogens is 564 g/mol. The van der Waals surface area contributed by atoms with E-state index in [-0.39, 0.29) is 48.0 Å². The molecule has 3 aromatic rings. The van der Waals surface area contributed by atoms with Gasteiger partial charge in [-0.05, 0) is 79.5 Å². The maximum Gasteiger partial charge on any atom is 0.422 e. The second-order valence-corrected chi connectivity index (χ2v) is 10.3. The van der Waals surface area contributed by atoms with Crippen molar-refractivity contribution in [3.05, 3.63) is 123 Å². The van der Waals surface area contributed by atoms with Crippen LogP contribution < -0.4 is 0 Å². The van der Waals surface area contributed by atoms with Crippen molar-refractivity contribution in [3.63, 3.8) is 0 Å². The minimum atomic E-state index is -5.15. The van der Waals surface area contributed by atoms with Crippen LogP contribution in [0.4, 0.5) is 35.1 Å². The lowest BCUT2D eigenvalue weighted by Gasteiger charge is -2.30. The Morgan fingerprint density at radius 1 is 0.857 bits per heavy atom. The number of alkyl halides is 3. The zero-order chi connectivity index (χ0) is 30.4. The fourth-order valence-corrected chi connectivity index (χ4v) is 5.11. The lowest BCUT2D eigenvalue weighted by atomic mass is 9.88. The number of hydrogen-bond donors (Lipinski definition) is 0. The van der Waals surface area contributed by atoms with Gasteiger partial charge < -0.3 is 4.74 Å². The Balaban J connectivity index is 1.33. The minimum Gasteiger partial charge on any atom is -0.373 e. The first-order chi connectivity index (χ1) is 20.0. The molecule has 0 aliphatic carbocycles. The Labute approximate surface area is 239 Å². The minimum absolute atomic E-state index is 0.00350. The molecule has 1 nitrogen and oxygen atoms in total. The molecule has 9 heteroatoms. The van der Waals surface area contributed by atoms with Crippen LogP contribution in [0.5, 0.6) is 0 Å². The third-order valence-corrected chi connectivity index (χ3v) is 7.43. The van der Waals surface area contributed by atoms with Crippen LogP contribution in [-0.2, 0) is 23.8 Å². The summed E-state index contributed by atoms with van der Waals surface area (Å²) in [5.74, 6) is -5.57. The van der Waals surface area contributed by atoms with Gasteiger partial charge in [0.1, 0.15) is 28.8 Å². The summed E-state index contributed by atoms with van der Waals surface area (Å²) in [7, 11) is 0. The first-order valence-electron chi connectivity index (χ1n) is 13.7. The number of hydrogen-bond acceptors (Lipinski definition) is 1. The summed E-state index contributed by atoms with van der Waals surface area (Å²) in [6.07, 6.45) is -0.208. The number of allylic oxidation sites excluding steroid dienone is 3.